The zero-order valence-electron chi connectivity index (χ0n) is 32.9. The smallest absolute Gasteiger partial charge is 0.187 e. The van der Waals surface area contributed by atoms with Gasteiger partial charge in [-0.2, -0.15) is 0 Å². The first-order valence-electron chi connectivity index (χ1n) is 20.7. The molecule has 0 unspecified atom stereocenters. The molecule has 16 heteroatoms. The van der Waals surface area contributed by atoms with Crippen molar-refractivity contribution in [2.45, 2.75) is 189 Å². The number of ether oxygens (including phenoxy) is 4. The van der Waals surface area contributed by atoms with E-state index in [-0.39, 0.29) is 6.54 Å². The molecule has 12 N–H and O–H groups in total. The van der Waals surface area contributed by atoms with E-state index >= 15 is 0 Å². The molecule has 3 rings (SSSR count). The predicted octanol–water partition coefficient (Wildman–Crippen LogP) is 0.207. The van der Waals surface area contributed by atoms with Gasteiger partial charge in [-0.15, -0.1) is 0 Å². The lowest BCUT2D eigenvalue weighted by Crippen LogP contribution is -2.65. The number of hydrogen-bond donors (Lipinski definition) is 12. The summed E-state index contributed by atoms with van der Waals surface area (Å²) in [5, 5.41) is 117. The van der Waals surface area contributed by atoms with Crippen molar-refractivity contribution in [1.82, 2.24) is 0 Å². The first kappa shape index (κ1) is 48.8. The summed E-state index contributed by atoms with van der Waals surface area (Å²) in [7, 11) is 0. The third-order valence-corrected chi connectivity index (χ3v) is 10.8. The second kappa shape index (κ2) is 26.5. The van der Waals surface area contributed by atoms with E-state index in [4.69, 9.17) is 18.9 Å². The highest BCUT2D eigenvalue weighted by Gasteiger charge is 2.51. The highest BCUT2D eigenvalue weighted by molar-refractivity contribution is 5.44. The van der Waals surface area contributed by atoms with Crippen molar-refractivity contribution < 1.29 is 75.1 Å². The molecule has 2 aliphatic heterocycles. The molecule has 14 atom stereocenters. The number of nitrogens with one attached hydrogen (secondary N) is 1. The van der Waals surface area contributed by atoms with E-state index in [1.165, 1.54) is 89.0 Å². The van der Waals surface area contributed by atoms with E-state index in [1.807, 2.05) is 24.3 Å². The third kappa shape index (κ3) is 15.2. The summed E-state index contributed by atoms with van der Waals surface area (Å²) in [6, 6.07) is 7.71. The summed E-state index contributed by atoms with van der Waals surface area (Å²) in [6.45, 7) is -0.449. The first-order valence-corrected chi connectivity index (χ1v) is 20.7. The average molecular weight is 806 g/mol. The van der Waals surface area contributed by atoms with Crippen LogP contribution >= 0.6 is 0 Å². The van der Waals surface area contributed by atoms with Crippen LogP contribution in [0, 0.1) is 0 Å². The van der Waals surface area contributed by atoms with Gasteiger partial charge < -0.3 is 80.4 Å². The Kier molecular flexibility index (Phi) is 23.1. The third-order valence-electron chi connectivity index (χ3n) is 10.8. The molecule has 0 radical (unpaired) electrons. The molecule has 0 aliphatic carbocycles. The van der Waals surface area contributed by atoms with Gasteiger partial charge in [-0.05, 0) is 30.5 Å². The van der Waals surface area contributed by atoms with Gasteiger partial charge >= 0.3 is 0 Å². The van der Waals surface area contributed by atoms with Crippen molar-refractivity contribution in [1.29, 1.82) is 0 Å². The van der Waals surface area contributed by atoms with Gasteiger partial charge in [-0.25, -0.2) is 0 Å². The molecular weight excluding hydrogens is 734 g/mol. The molecule has 0 spiro atoms. The lowest BCUT2D eigenvalue weighted by atomic mass is 9.96. The Labute approximate surface area is 331 Å². The van der Waals surface area contributed by atoms with Gasteiger partial charge in [0.2, 0.25) is 0 Å². The zero-order valence-corrected chi connectivity index (χ0v) is 32.9. The highest BCUT2D eigenvalue weighted by atomic mass is 16.7. The second-order valence-electron chi connectivity index (χ2n) is 15.3. The van der Waals surface area contributed by atoms with E-state index in [2.05, 4.69) is 12.2 Å². The zero-order chi connectivity index (χ0) is 41.0. The lowest BCUT2D eigenvalue weighted by molar-refractivity contribution is -0.367. The van der Waals surface area contributed by atoms with Crippen LogP contribution in [0.25, 0.3) is 0 Å². The van der Waals surface area contributed by atoms with Crippen LogP contribution in [0.2, 0.25) is 0 Å². The Morgan fingerprint density at radius 1 is 0.607 bits per heavy atom. The maximum Gasteiger partial charge on any atom is 0.187 e. The summed E-state index contributed by atoms with van der Waals surface area (Å²) >= 11 is 0. The van der Waals surface area contributed by atoms with Crippen LogP contribution in [-0.2, 0) is 25.4 Å². The number of hydrogen-bond acceptors (Lipinski definition) is 16. The van der Waals surface area contributed by atoms with Gasteiger partial charge in [-0.1, -0.05) is 103 Å². The minimum absolute atomic E-state index is 0.192. The van der Waals surface area contributed by atoms with Gasteiger partial charge in [0, 0.05) is 12.2 Å². The first-order chi connectivity index (χ1) is 27.0. The fourth-order valence-electron chi connectivity index (χ4n) is 7.20. The number of aliphatic hydroxyl groups excluding tert-OH is 11. The summed E-state index contributed by atoms with van der Waals surface area (Å²) in [5.74, 6) is 0. The Morgan fingerprint density at radius 2 is 1.12 bits per heavy atom. The molecule has 2 fully saturated rings. The van der Waals surface area contributed by atoms with Crippen LogP contribution < -0.4 is 5.32 Å². The Balaban J connectivity index is 1.42. The summed E-state index contributed by atoms with van der Waals surface area (Å²) in [4.78, 5) is 0. The minimum atomic E-state index is -1.97. The SMILES string of the molecule is CCCCCCCCCCCCCCCCc1ccc(NC[C@H](O)[C@@H](O)[C@H](O[C@H]2O[C@H](CO)[C@@H](O[C@H]3O[C@H](CO)[C@@H](O)[C@H](O)[C@H]3O)[C@H](O)[C@H]2O)[C@H](O)CO)cc1. The van der Waals surface area contributed by atoms with Crippen LogP contribution in [0.1, 0.15) is 102 Å². The molecule has 2 saturated heterocycles. The van der Waals surface area contributed by atoms with Crippen molar-refractivity contribution in [2.24, 2.45) is 0 Å². The molecule has 2 aliphatic rings. The molecule has 56 heavy (non-hydrogen) atoms. The van der Waals surface area contributed by atoms with Crippen molar-refractivity contribution in [3.63, 3.8) is 0 Å². The van der Waals surface area contributed by atoms with Gasteiger partial charge in [0.25, 0.3) is 0 Å². The van der Waals surface area contributed by atoms with E-state index in [0.29, 0.717) is 5.69 Å². The van der Waals surface area contributed by atoms with Crippen molar-refractivity contribution in [3.8, 4) is 0 Å². The predicted molar refractivity (Wildman–Crippen MR) is 205 cm³/mol. The van der Waals surface area contributed by atoms with E-state index in [0.717, 1.165) is 12.8 Å². The summed E-state index contributed by atoms with van der Waals surface area (Å²) in [5.41, 5.74) is 1.86. The van der Waals surface area contributed by atoms with E-state index in [9.17, 15) is 56.2 Å². The normalized spacial score (nSPS) is 30.5. The maximum atomic E-state index is 11.0. The fraction of sp³-hybridized carbons (Fsp3) is 0.850. The number of aliphatic hydroxyl groups is 11. The van der Waals surface area contributed by atoms with Crippen molar-refractivity contribution >= 4 is 5.69 Å². The monoisotopic (exact) mass is 805 g/mol. The van der Waals surface area contributed by atoms with Crippen molar-refractivity contribution in [2.75, 3.05) is 31.7 Å². The van der Waals surface area contributed by atoms with Crippen LogP contribution in [0.15, 0.2) is 24.3 Å². The molecule has 0 aromatic heterocycles. The average Bonchev–Trinajstić information content (AvgIpc) is 3.21. The van der Waals surface area contributed by atoms with Crippen molar-refractivity contribution in [3.05, 3.63) is 29.8 Å². The molecule has 1 aromatic rings. The second-order valence-corrected chi connectivity index (χ2v) is 15.3. The topological polar surface area (TPSA) is 271 Å². The number of benzene rings is 1. The highest BCUT2D eigenvalue weighted by Crippen LogP contribution is 2.31. The minimum Gasteiger partial charge on any atom is -0.394 e. The largest absolute Gasteiger partial charge is 0.394 e. The number of unbranched alkanes of at least 4 members (excludes halogenated alkanes) is 13. The van der Waals surface area contributed by atoms with Gasteiger partial charge in [0.15, 0.2) is 12.6 Å². The molecular formula is C40H71NO15. The molecule has 326 valence electrons. The molecule has 0 amide bonds. The van der Waals surface area contributed by atoms with E-state index in [1.54, 1.807) is 0 Å². The van der Waals surface area contributed by atoms with E-state index < -0.39 is 106 Å². The van der Waals surface area contributed by atoms with Crippen LogP contribution in [-0.4, -0.2) is 168 Å². The fourth-order valence-corrected chi connectivity index (χ4v) is 7.20. The Hall–Kier alpha value is -1.58. The molecule has 16 nitrogen and oxygen atoms in total. The maximum absolute atomic E-state index is 11.0. The van der Waals surface area contributed by atoms with Crippen LogP contribution in [0.4, 0.5) is 5.69 Å². The molecule has 1 aromatic carbocycles. The van der Waals surface area contributed by atoms with Gasteiger partial charge in [0.1, 0.15) is 67.1 Å². The Bertz CT molecular complexity index is 1150. The molecule has 2 heterocycles. The quantitative estimate of drug-likeness (QED) is 0.0505. The number of rotatable bonds is 28. The molecule has 0 bridgehead atoms. The Morgan fingerprint density at radius 3 is 1.66 bits per heavy atom. The van der Waals surface area contributed by atoms with Crippen LogP contribution in [0.5, 0.6) is 0 Å². The number of anilines is 1. The standard InChI is InChI=1S/C40H71NO15/c1-2-3-4-5-6-7-8-9-10-11-12-13-14-15-16-25-17-19-26(20-18-25)41-21-27(45)31(47)37(28(46)22-42)55-40-36(52)34(50)38(30(24-44)54-40)56-39-35(51)33(49)32(48)29(23-43)53-39/h17-20,27-52H,2-16,21-24H2,1H3/t27-,28+,29+,30+,31+,32+,33-,34+,35+,36+,37+,38+,39+,40+/m0/s1. The summed E-state index contributed by atoms with van der Waals surface area (Å²) < 4.78 is 22.0. The van der Waals surface area contributed by atoms with Gasteiger partial charge in [-0.3, -0.25) is 0 Å². The summed E-state index contributed by atoms with van der Waals surface area (Å²) in [6.07, 6.45) is -4.86. The van der Waals surface area contributed by atoms with Gasteiger partial charge in [0.05, 0.1) is 25.9 Å². The number of aryl methyl sites for hydroxylation is 1. The lowest BCUT2D eigenvalue weighted by Gasteiger charge is -2.46. The van der Waals surface area contributed by atoms with Crippen LogP contribution in [0.3, 0.4) is 0 Å². The molecule has 0 saturated carbocycles.